The third-order valence-corrected chi connectivity index (χ3v) is 7.17. The number of fused-ring (bicyclic) bond motifs is 5. The maximum atomic E-state index is 14.8. The van der Waals surface area contributed by atoms with Gasteiger partial charge in [-0.3, -0.25) is 0 Å². The van der Waals surface area contributed by atoms with Crippen LogP contribution in [0.1, 0.15) is 35.4 Å². The summed E-state index contributed by atoms with van der Waals surface area (Å²) in [6.45, 7) is 0. The third-order valence-electron chi connectivity index (χ3n) is 6.30. The molecule has 30 heavy (non-hydrogen) atoms. The summed E-state index contributed by atoms with van der Waals surface area (Å²) in [7, 11) is 0. The highest BCUT2D eigenvalue weighted by Crippen LogP contribution is 2.34. The Hall–Kier alpha value is -2.91. The van der Waals surface area contributed by atoms with Crippen molar-refractivity contribution < 1.29 is 4.39 Å². The van der Waals surface area contributed by atoms with Crippen molar-refractivity contribution in [3.8, 4) is 0 Å². The number of halogens is 1. The van der Waals surface area contributed by atoms with Gasteiger partial charge in [0.25, 0.3) is 0 Å². The summed E-state index contributed by atoms with van der Waals surface area (Å²) in [6.07, 6.45) is 12.0. The van der Waals surface area contributed by atoms with Crippen LogP contribution >= 0.6 is 11.9 Å². The fourth-order valence-corrected chi connectivity index (χ4v) is 5.63. The first-order valence-electron chi connectivity index (χ1n) is 10.4. The van der Waals surface area contributed by atoms with Crippen LogP contribution in [0.3, 0.4) is 0 Å². The van der Waals surface area contributed by atoms with E-state index in [2.05, 4.69) is 54.6 Å². The van der Waals surface area contributed by atoms with Gasteiger partial charge in [-0.1, -0.05) is 60.7 Å². The average molecular weight is 410 g/mol. The summed E-state index contributed by atoms with van der Waals surface area (Å²) in [5.41, 5.74) is 4.85. The summed E-state index contributed by atoms with van der Waals surface area (Å²) < 4.78 is 19.8. The van der Waals surface area contributed by atoms with E-state index in [1.165, 1.54) is 33.9 Å². The molecule has 1 heterocycles. The Bertz CT molecular complexity index is 1470. The maximum absolute atomic E-state index is 14.8. The molecule has 3 aromatic carbocycles. The molecule has 1 unspecified atom stereocenters. The summed E-state index contributed by atoms with van der Waals surface area (Å²) in [5.74, 6) is -0.217. The highest BCUT2D eigenvalue weighted by Gasteiger charge is 2.25. The lowest BCUT2D eigenvalue weighted by atomic mass is 9.80. The first-order chi connectivity index (χ1) is 14.8. The topological polar surface area (TPSA) is 12.4 Å². The van der Waals surface area contributed by atoms with Gasteiger partial charge in [-0.15, -0.1) is 0 Å². The fraction of sp³-hybridized carbons (Fsp3) is 0.148. The lowest BCUT2D eigenvalue weighted by Crippen LogP contribution is -2.26. The van der Waals surface area contributed by atoms with Gasteiger partial charge in [-0.05, 0) is 69.8 Å². The Morgan fingerprint density at radius 3 is 2.83 bits per heavy atom. The molecule has 2 aliphatic carbocycles. The van der Waals surface area contributed by atoms with Crippen molar-refractivity contribution in [3.63, 3.8) is 0 Å². The molecule has 0 aromatic heterocycles. The van der Waals surface area contributed by atoms with Crippen molar-refractivity contribution in [3.05, 3.63) is 104 Å². The van der Waals surface area contributed by atoms with Crippen LogP contribution < -0.4 is 10.4 Å². The predicted molar refractivity (Wildman–Crippen MR) is 123 cm³/mol. The van der Waals surface area contributed by atoms with E-state index in [9.17, 15) is 4.39 Å². The second-order valence-electron chi connectivity index (χ2n) is 8.01. The monoisotopic (exact) mass is 409 g/mol. The van der Waals surface area contributed by atoms with Gasteiger partial charge in [0.05, 0.1) is 5.71 Å². The lowest BCUT2D eigenvalue weighted by Gasteiger charge is -2.23. The maximum Gasteiger partial charge on any atom is 0.130 e. The smallest absolute Gasteiger partial charge is 0.130 e. The van der Waals surface area contributed by atoms with Crippen LogP contribution in [0.2, 0.25) is 0 Å². The summed E-state index contributed by atoms with van der Waals surface area (Å²) in [4.78, 5) is 1.15. The Labute approximate surface area is 178 Å². The van der Waals surface area contributed by atoms with E-state index >= 15 is 0 Å². The molecule has 6 rings (SSSR count). The normalized spacial score (nSPS) is 18.6. The molecule has 1 aliphatic heterocycles. The summed E-state index contributed by atoms with van der Waals surface area (Å²) in [6, 6.07) is 18.1. The minimum Gasteiger partial charge on any atom is -0.215 e. The Kier molecular flexibility index (Phi) is 4.24. The molecule has 0 saturated heterocycles. The van der Waals surface area contributed by atoms with Gasteiger partial charge >= 0.3 is 0 Å². The summed E-state index contributed by atoms with van der Waals surface area (Å²) >= 11 is 1.51. The molecule has 0 bridgehead atoms. The molecule has 1 atom stereocenters. The molecule has 146 valence electrons. The predicted octanol–water partition coefficient (Wildman–Crippen LogP) is 5.28. The van der Waals surface area contributed by atoms with Gasteiger partial charge in [0, 0.05) is 28.0 Å². The van der Waals surface area contributed by atoms with E-state index in [0.29, 0.717) is 5.22 Å². The molecule has 0 fully saturated rings. The van der Waals surface area contributed by atoms with Crippen molar-refractivity contribution in [1.82, 2.24) is 0 Å². The van der Waals surface area contributed by atoms with Gasteiger partial charge in [-0.2, -0.15) is 0 Å². The number of hydrogen-bond donors (Lipinski definition) is 0. The Morgan fingerprint density at radius 2 is 1.87 bits per heavy atom. The Morgan fingerprint density at radius 1 is 0.933 bits per heavy atom. The second kappa shape index (κ2) is 7.10. The van der Waals surface area contributed by atoms with E-state index in [4.69, 9.17) is 4.40 Å². The van der Waals surface area contributed by atoms with Crippen molar-refractivity contribution in [2.45, 2.75) is 30.1 Å². The van der Waals surface area contributed by atoms with Gasteiger partial charge in [-0.25, -0.2) is 8.79 Å². The number of rotatable bonds is 1. The van der Waals surface area contributed by atoms with Crippen LogP contribution in [-0.2, 0) is 6.42 Å². The quantitative estimate of drug-likeness (QED) is 0.498. The van der Waals surface area contributed by atoms with Crippen molar-refractivity contribution in [2.75, 3.05) is 0 Å². The lowest BCUT2D eigenvalue weighted by molar-refractivity contribution is 0.616. The number of nitrogens with zero attached hydrogens (tertiary/aromatic N) is 1. The standard InChI is InChI=1S/C27H20FNS/c28-24-10-5-9-20-21-14-12-17-6-1-3-8-19(17)27(21)23(16-22(20)24)25-15-13-18-7-2-4-11-26(18)30-29-25/h2,4-7,9-16,23H,1,3,8H2. The van der Waals surface area contributed by atoms with Gasteiger partial charge in [0.1, 0.15) is 5.82 Å². The SMILES string of the molecule is Fc1cccc2c1=CC(C1=NSc3ccccc3C=C1)c1c3c(ccc1=2)=CCCC3. The molecule has 1 nitrogen and oxygen atoms in total. The highest BCUT2D eigenvalue weighted by atomic mass is 32.2. The zero-order valence-electron chi connectivity index (χ0n) is 16.4. The zero-order chi connectivity index (χ0) is 20.1. The van der Waals surface area contributed by atoms with Crippen LogP contribution in [0.25, 0.3) is 18.2 Å². The molecule has 0 radical (unpaired) electrons. The van der Waals surface area contributed by atoms with Gasteiger partial charge < -0.3 is 0 Å². The molecule has 0 saturated carbocycles. The first kappa shape index (κ1) is 17.9. The van der Waals surface area contributed by atoms with Crippen molar-refractivity contribution in [1.29, 1.82) is 0 Å². The van der Waals surface area contributed by atoms with Crippen LogP contribution in [0, 0.1) is 16.3 Å². The van der Waals surface area contributed by atoms with Gasteiger partial charge in [0.15, 0.2) is 0 Å². The van der Waals surface area contributed by atoms with Crippen LogP contribution in [0.4, 0.5) is 4.39 Å². The van der Waals surface area contributed by atoms with Crippen LogP contribution in [0.15, 0.2) is 70.0 Å². The Balaban J connectivity index is 1.65. The molecule has 3 aromatic rings. The minimum atomic E-state index is -0.165. The van der Waals surface area contributed by atoms with Crippen molar-refractivity contribution >= 4 is 35.9 Å². The van der Waals surface area contributed by atoms with Gasteiger partial charge in [0.2, 0.25) is 0 Å². The molecule has 3 aliphatic rings. The molecule has 3 heteroatoms. The molecular formula is C27H20FNS. The van der Waals surface area contributed by atoms with E-state index < -0.39 is 0 Å². The molecule has 0 amide bonds. The van der Waals surface area contributed by atoms with Crippen LogP contribution in [-0.4, -0.2) is 5.71 Å². The minimum absolute atomic E-state index is 0.0519. The number of hydrogen-bond acceptors (Lipinski definition) is 2. The zero-order valence-corrected chi connectivity index (χ0v) is 17.3. The van der Waals surface area contributed by atoms with E-state index in [-0.39, 0.29) is 11.7 Å². The van der Waals surface area contributed by atoms with Crippen molar-refractivity contribution in [2.24, 2.45) is 4.40 Å². The largest absolute Gasteiger partial charge is 0.215 e. The number of allylic oxidation sites excluding steroid dienone is 1. The fourth-order valence-electron chi connectivity index (χ4n) is 4.87. The molecule has 0 spiro atoms. The molecule has 0 N–H and O–H groups in total. The van der Waals surface area contributed by atoms with Crippen LogP contribution in [0.5, 0.6) is 0 Å². The number of benzene rings is 3. The third kappa shape index (κ3) is 2.80. The average Bonchev–Trinajstić information content (AvgIpc) is 3.01. The second-order valence-corrected chi connectivity index (χ2v) is 8.82. The van der Waals surface area contributed by atoms with E-state index in [1.807, 2.05) is 18.2 Å². The molecular weight excluding hydrogens is 389 g/mol. The summed E-state index contributed by atoms with van der Waals surface area (Å²) in [5, 5.41) is 4.16. The van der Waals surface area contributed by atoms with E-state index in [0.717, 1.165) is 40.3 Å². The highest BCUT2D eigenvalue weighted by molar-refractivity contribution is 7.98. The first-order valence-corrected chi connectivity index (χ1v) is 11.2. The van der Waals surface area contributed by atoms with E-state index in [1.54, 1.807) is 6.07 Å².